The number of amides is 1. The highest BCUT2D eigenvalue weighted by Crippen LogP contribution is 2.57. The number of likely N-dealkylation sites (N-methyl/N-ethyl adjacent to an activating group) is 1. The fourth-order valence-electron chi connectivity index (χ4n) is 7.73. The average molecular weight is 663 g/mol. The summed E-state index contributed by atoms with van der Waals surface area (Å²) < 4.78 is 6.29. The van der Waals surface area contributed by atoms with Crippen LogP contribution in [0.15, 0.2) is 59.4 Å². The summed E-state index contributed by atoms with van der Waals surface area (Å²) in [7, 11) is 2.96. The number of aliphatic hydroxyl groups is 3. The van der Waals surface area contributed by atoms with Crippen LogP contribution in [-0.4, -0.2) is 80.6 Å². The maximum atomic E-state index is 14.7. The standard InChI is InChI=1S/C35H35ClN2O9/c1-38(2)27-26-30(47-34(45)17-7-4-3-5-8-17)23-20(15-16-11-13-18(36)14-12-16)19-9-6-10-21(39)22(19)28(40)24(23)31(42)35(26,46)32(43)25(29(27)41)33(37)44/h6,9-15,17,23,26-27,30,39-40,43,46H,3-5,7-8H2,1-2H3,(H2,37,44)/b20-15+/t23-,26-,27+,30+,35-/m1/s1. The summed E-state index contributed by atoms with van der Waals surface area (Å²) in [5.74, 6) is -10.0. The number of primary amides is 1. The molecule has 6 rings (SSSR count). The second-order valence-electron chi connectivity index (χ2n) is 12.8. The largest absolute Gasteiger partial charge is 0.508 e. The molecule has 0 heterocycles. The van der Waals surface area contributed by atoms with Crippen LogP contribution >= 0.6 is 11.6 Å². The number of Topliss-reactive ketones (excluding diaryl/α,β-unsaturated/α-hetero) is 2. The summed E-state index contributed by atoms with van der Waals surface area (Å²) in [4.78, 5) is 56.3. The number of aromatic hydroxyl groups is 1. The van der Waals surface area contributed by atoms with E-state index >= 15 is 0 Å². The molecule has 47 heavy (non-hydrogen) atoms. The molecule has 6 N–H and O–H groups in total. The minimum Gasteiger partial charge on any atom is -0.508 e. The normalized spacial score (nSPS) is 28.7. The van der Waals surface area contributed by atoms with Crippen LogP contribution in [-0.2, 0) is 23.9 Å². The van der Waals surface area contributed by atoms with Gasteiger partial charge in [-0.3, -0.25) is 24.1 Å². The number of fused-ring (bicyclic) bond motifs is 3. The van der Waals surface area contributed by atoms with E-state index in [1.807, 2.05) is 0 Å². The molecule has 0 unspecified atom stereocenters. The molecule has 12 heteroatoms. The highest BCUT2D eigenvalue weighted by Gasteiger charge is 2.69. The fourth-order valence-corrected chi connectivity index (χ4v) is 7.85. The van der Waals surface area contributed by atoms with Crippen molar-refractivity contribution in [1.82, 2.24) is 4.90 Å². The van der Waals surface area contributed by atoms with Crippen LogP contribution in [0.2, 0.25) is 5.02 Å². The van der Waals surface area contributed by atoms with Gasteiger partial charge in [-0.2, -0.15) is 0 Å². The number of halogens is 1. The minimum atomic E-state index is -3.03. The van der Waals surface area contributed by atoms with Crippen LogP contribution in [0.3, 0.4) is 0 Å². The lowest BCUT2D eigenvalue weighted by molar-refractivity contribution is -0.184. The number of hydrogen-bond donors (Lipinski definition) is 5. The Kier molecular flexibility index (Phi) is 8.27. The number of ether oxygens (including phenoxy) is 1. The van der Waals surface area contributed by atoms with Crippen molar-refractivity contribution in [3.8, 4) is 5.75 Å². The van der Waals surface area contributed by atoms with Crippen LogP contribution in [0.4, 0.5) is 0 Å². The number of carbonyl (C=O) groups is 4. The van der Waals surface area contributed by atoms with E-state index in [4.69, 9.17) is 22.1 Å². The van der Waals surface area contributed by atoms with Crippen molar-refractivity contribution in [3.05, 3.63) is 81.1 Å². The quantitative estimate of drug-likeness (QED) is 0.233. The van der Waals surface area contributed by atoms with Gasteiger partial charge in [0.2, 0.25) is 5.78 Å². The number of nitrogens with two attached hydrogens (primary N) is 1. The Morgan fingerprint density at radius 2 is 1.68 bits per heavy atom. The molecule has 2 aromatic carbocycles. The Labute approximate surface area is 275 Å². The van der Waals surface area contributed by atoms with E-state index in [0.29, 0.717) is 34.6 Å². The predicted molar refractivity (Wildman–Crippen MR) is 172 cm³/mol. The van der Waals surface area contributed by atoms with Crippen LogP contribution in [0, 0.1) is 17.8 Å². The molecule has 0 aliphatic heterocycles. The van der Waals surface area contributed by atoms with Crippen LogP contribution in [0.5, 0.6) is 5.75 Å². The Hall–Kier alpha value is -4.45. The van der Waals surface area contributed by atoms with Gasteiger partial charge >= 0.3 is 5.97 Å². The lowest BCUT2D eigenvalue weighted by Crippen LogP contribution is -2.70. The molecule has 0 saturated heterocycles. The van der Waals surface area contributed by atoms with Gasteiger partial charge in [0.1, 0.15) is 28.9 Å². The third kappa shape index (κ3) is 5.04. The number of benzene rings is 2. The molecular formula is C35H35ClN2O9. The number of hydrogen-bond acceptors (Lipinski definition) is 10. The Morgan fingerprint density at radius 1 is 1.02 bits per heavy atom. The van der Waals surface area contributed by atoms with Gasteiger partial charge in [0.15, 0.2) is 11.4 Å². The van der Waals surface area contributed by atoms with Crippen molar-refractivity contribution in [1.29, 1.82) is 0 Å². The van der Waals surface area contributed by atoms with Crippen LogP contribution in [0.1, 0.15) is 48.8 Å². The Bertz CT molecular complexity index is 1790. The molecule has 5 atom stereocenters. The first-order chi connectivity index (χ1) is 22.3. The third-order valence-corrected chi connectivity index (χ3v) is 10.1. The van der Waals surface area contributed by atoms with Gasteiger partial charge in [-0.15, -0.1) is 0 Å². The van der Waals surface area contributed by atoms with E-state index in [0.717, 1.165) is 19.3 Å². The Balaban J connectivity index is 1.68. The first-order valence-electron chi connectivity index (χ1n) is 15.4. The summed E-state index contributed by atoms with van der Waals surface area (Å²) in [6, 6.07) is 9.72. The van der Waals surface area contributed by atoms with Crippen molar-refractivity contribution in [3.63, 3.8) is 0 Å². The highest BCUT2D eigenvalue weighted by atomic mass is 35.5. The van der Waals surface area contributed by atoms with Gasteiger partial charge in [-0.25, -0.2) is 0 Å². The molecule has 0 bridgehead atoms. The molecule has 2 aromatic rings. The summed E-state index contributed by atoms with van der Waals surface area (Å²) in [5.41, 5.74) is 2.14. The molecule has 246 valence electrons. The molecule has 4 aliphatic carbocycles. The van der Waals surface area contributed by atoms with Crippen LogP contribution in [0.25, 0.3) is 17.4 Å². The molecule has 11 nitrogen and oxygen atoms in total. The molecule has 0 aromatic heterocycles. The maximum absolute atomic E-state index is 14.7. The van der Waals surface area contributed by atoms with E-state index in [-0.39, 0.29) is 11.3 Å². The first-order valence-corrected chi connectivity index (χ1v) is 15.8. The van der Waals surface area contributed by atoms with E-state index < -0.39 is 81.6 Å². The average Bonchev–Trinajstić information content (AvgIpc) is 3.03. The molecule has 4 aliphatic rings. The zero-order valence-corrected chi connectivity index (χ0v) is 26.5. The second-order valence-corrected chi connectivity index (χ2v) is 13.2. The van der Waals surface area contributed by atoms with Crippen molar-refractivity contribution in [2.45, 2.75) is 49.9 Å². The molecule has 0 spiro atoms. The lowest BCUT2D eigenvalue weighted by atomic mass is 9.55. The third-order valence-electron chi connectivity index (χ3n) is 9.89. The zero-order chi connectivity index (χ0) is 33.9. The summed E-state index contributed by atoms with van der Waals surface area (Å²) in [5, 5.41) is 47.0. The SMILES string of the molecule is CN(C)[C@@H]1C(=O)C(C(N)=O)=C(O)[C@]2(O)C(=O)C3=C(O)c4c(O)cccc4/C(=C\c4ccc(Cl)cc4)[C@H]3[C@H](OC(=O)C3CCCCC3)[C@@H]12. The van der Waals surface area contributed by atoms with Gasteiger partial charge in [0.05, 0.1) is 34.9 Å². The number of carbonyl (C=O) groups excluding carboxylic acids is 4. The number of nitrogens with zero attached hydrogens (tertiary/aromatic N) is 1. The highest BCUT2D eigenvalue weighted by molar-refractivity contribution is 6.30. The van der Waals surface area contributed by atoms with E-state index in [1.165, 1.54) is 25.1 Å². The van der Waals surface area contributed by atoms with E-state index in [2.05, 4.69) is 0 Å². The van der Waals surface area contributed by atoms with Gasteiger partial charge in [-0.05, 0) is 61.8 Å². The monoisotopic (exact) mass is 662 g/mol. The molecule has 0 radical (unpaired) electrons. The van der Waals surface area contributed by atoms with Crippen molar-refractivity contribution in [2.75, 3.05) is 14.1 Å². The number of aliphatic hydroxyl groups excluding tert-OH is 2. The molecular weight excluding hydrogens is 628 g/mol. The number of ketones is 2. The number of esters is 1. The van der Waals surface area contributed by atoms with Crippen molar-refractivity contribution < 1.29 is 44.3 Å². The van der Waals surface area contributed by atoms with Gasteiger partial charge in [-0.1, -0.05) is 61.2 Å². The van der Waals surface area contributed by atoms with Crippen molar-refractivity contribution >= 4 is 52.5 Å². The number of rotatable bonds is 5. The molecule has 2 fully saturated rings. The van der Waals surface area contributed by atoms with E-state index in [9.17, 15) is 39.6 Å². The van der Waals surface area contributed by atoms with Gasteiger partial charge in [0.25, 0.3) is 5.91 Å². The number of phenolic OH excluding ortho intramolecular Hbond substituents is 1. The predicted octanol–water partition coefficient (Wildman–Crippen LogP) is 3.72. The summed E-state index contributed by atoms with van der Waals surface area (Å²) in [6.45, 7) is 0. The first kappa shape index (κ1) is 32.5. The van der Waals surface area contributed by atoms with Crippen molar-refractivity contribution in [2.24, 2.45) is 23.5 Å². The Morgan fingerprint density at radius 3 is 2.30 bits per heavy atom. The lowest BCUT2D eigenvalue weighted by Gasteiger charge is -2.54. The summed E-state index contributed by atoms with van der Waals surface area (Å²) >= 11 is 6.14. The maximum Gasteiger partial charge on any atom is 0.309 e. The van der Waals surface area contributed by atoms with E-state index in [1.54, 1.807) is 42.5 Å². The smallest absolute Gasteiger partial charge is 0.309 e. The second kappa shape index (κ2) is 12.0. The molecule has 1 amide bonds. The summed E-state index contributed by atoms with van der Waals surface area (Å²) in [6.07, 6.45) is 3.79. The van der Waals surface area contributed by atoms with Gasteiger partial charge < -0.3 is 30.9 Å². The van der Waals surface area contributed by atoms with Gasteiger partial charge in [0, 0.05) is 5.02 Å². The molecule has 2 saturated carbocycles. The minimum absolute atomic E-state index is 0.124. The fraction of sp³-hybridized carbons (Fsp3) is 0.371. The van der Waals surface area contributed by atoms with Crippen LogP contribution < -0.4 is 5.73 Å². The zero-order valence-electron chi connectivity index (χ0n) is 25.8. The number of phenols is 1. The topological polar surface area (TPSA) is 188 Å².